The van der Waals surface area contributed by atoms with E-state index in [0.717, 1.165) is 16.7 Å². The molecule has 8 heteroatoms. The maximum Gasteiger partial charge on any atom is 0.323 e. The summed E-state index contributed by atoms with van der Waals surface area (Å²) in [5.74, 6) is -0.876. The highest BCUT2D eigenvalue weighted by molar-refractivity contribution is 6.30. The van der Waals surface area contributed by atoms with Crippen LogP contribution < -0.4 is 11.0 Å². The monoisotopic (exact) mass is 427 g/mol. The quantitative estimate of drug-likeness (QED) is 0.479. The summed E-state index contributed by atoms with van der Waals surface area (Å²) in [5.41, 5.74) is 2.58. The normalized spacial score (nSPS) is 11.7. The molecule has 0 aliphatic carbocycles. The van der Waals surface area contributed by atoms with Crippen LogP contribution in [0.1, 0.15) is 29.4 Å². The van der Waals surface area contributed by atoms with Crippen LogP contribution in [0.4, 0.5) is 0 Å². The third-order valence-electron chi connectivity index (χ3n) is 4.49. The molecule has 3 rings (SSSR count). The Morgan fingerprint density at radius 3 is 2.53 bits per heavy atom. The van der Waals surface area contributed by atoms with E-state index < -0.39 is 23.6 Å². The van der Waals surface area contributed by atoms with Crippen molar-refractivity contribution in [3.63, 3.8) is 0 Å². The maximum absolute atomic E-state index is 12.4. The largest absolute Gasteiger partial charge is 0.466 e. The predicted molar refractivity (Wildman–Crippen MR) is 115 cm³/mol. The molecule has 156 valence electrons. The van der Waals surface area contributed by atoms with Crippen LogP contribution in [-0.4, -0.2) is 34.5 Å². The number of halogens is 1. The van der Waals surface area contributed by atoms with Crippen LogP contribution in [0, 0.1) is 0 Å². The van der Waals surface area contributed by atoms with Gasteiger partial charge in [0, 0.05) is 17.3 Å². The van der Waals surface area contributed by atoms with Crippen molar-refractivity contribution in [2.45, 2.75) is 25.8 Å². The summed E-state index contributed by atoms with van der Waals surface area (Å²) in [6.45, 7) is 1.99. The summed E-state index contributed by atoms with van der Waals surface area (Å²) in [6, 6.07) is 14.9. The number of hydrogen-bond donors (Lipinski definition) is 3. The zero-order valence-electron chi connectivity index (χ0n) is 16.4. The molecule has 0 aliphatic rings. The Kier molecular flexibility index (Phi) is 7.08. The van der Waals surface area contributed by atoms with E-state index in [9.17, 15) is 14.4 Å². The van der Waals surface area contributed by atoms with E-state index in [2.05, 4.69) is 15.3 Å². The molecule has 0 unspecified atom stereocenters. The van der Waals surface area contributed by atoms with Crippen LogP contribution in [0.25, 0.3) is 11.1 Å². The number of nitrogens with one attached hydrogen (secondary N) is 3. The highest BCUT2D eigenvalue weighted by Crippen LogP contribution is 2.23. The zero-order valence-corrected chi connectivity index (χ0v) is 17.2. The van der Waals surface area contributed by atoms with Crippen LogP contribution in [-0.2, 0) is 16.0 Å². The smallest absolute Gasteiger partial charge is 0.323 e. The minimum atomic E-state index is -0.494. The second-order valence-corrected chi connectivity index (χ2v) is 7.18. The van der Waals surface area contributed by atoms with Crippen LogP contribution in [0.3, 0.4) is 0 Å². The lowest BCUT2D eigenvalue weighted by Crippen LogP contribution is -2.38. The van der Waals surface area contributed by atoms with Crippen molar-refractivity contribution >= 4 is 23.5 Å². The van der Waals surface area contributed by atoms with Crippen molar-refractivity contribution in [2.75, 3.05) is 6.61 Å². The zero-order chi connectivity index (χ0) is 21.5. The van der Waals surface area contributed by atoms with Gasteiger partial charge in [-0.1, -0.05) is 48.0 Å². The lowest BCUT2D eigenvalue weighted by Gasteiger charge is -2.18. The molecule has 0 aliphatic heterocycles. The van der Waals surface area contributed by atoms with Gasteiger partial charge in [0.25, 0.3) is 5.91 Å². The molecule has 0 saturated heterocycles. The first-order chi connectivity index (χ1) is 14.4. The first-order valence-corrected chi connectivity index (χ1v) is 9.91. The number of carbonyl (C=O) groups is 2. The molecular formula is C22H22ClN3O4. The average Bonchev–Trinajstić information content (AvgIpc) is 3.15. The third kappa shape index (κ3) is 5.84. The van der Waals surface area contributed by atoms with Crippen molar-refractivity contribution in [3.8, 4) is 11.1 Å². The predicted octanol–water partition coefficient (Wildman–Crippen LogP) is 3.32. The van der Waals surface area contributed by atoms with Gasteiger partial charge in [0.2, 0.25) is 0 Å². The maximum atomic E-state index is 12.4. The highest BCUT2D eigenvalue weighted by Gasteiger charge is 2.19. The van der Waals surface area contributed by atoms with Gasteiger partial charge in [-0.15, -0.1) is 0 Å². The summed E-state index contributed by atoms with van der Waals surface area (Å²) < 4.78 is 5.02. The number of esters is 1. The van der Waals surface area contributed by atoms with Crippen LogP contribution in [0.5, 0.6) is 0 Å². The van der Waals surface area contributed by atoms with E-state index in [1.807, 2.05) is 48.5 Å². The van der Waals surface area contributed by atoms with Gasteiger partial charge in [-0.3, -0.25) is 9.59 Å². The Balaban J connectivity index is 1.73. The molecule has 1 amide bonds. The number of aromatic nitrogens is 2. The van der Waals surface area contributed by atoms with Gasteiger partial charge in [-0.2, -0.15) is 0 Å². The standard InChI is InChI=1S/C22H22ClN3O4/c1-2-30-20(27)12-18(25-21(28)19-13-24-22(29)26-19)10-14-6-8-15(9-7-14)16-4-3-5-17(23)11-16/h3-9,11,13,18H,2,10,12H2,1H3,(H,25,28)(H2,24,26,29)/t18-/m1/s1. The number of benzene rings is 2. The first-order valence-electron chi connectivity index (χ1n) is 9.53. The molecule has 1 heterocycles. The van der Waals surface area contributed by atoms with Crippen molar-refractivity contribution in [2.24, 2.45) is 0 Å². The molecule has 0 fully saturated rings. The molecule has 30 heavy (non-hydrogen) atoms. The van der Waals surface area contributed by atoms with Crippen LogP contribution in [0.15, 0.2) is 59.5 Å². The number of hydrogen-bond acceptors (Lipinski definition) is 4. The fraction of sp³-hybridized carbons (Fsp3) is 0.227. The molecule has 0 bridgehead atoms. The van der Waals surface area contributed by atoms with Crippen molar-refractivity contribution in [1.29, 1.82) is 0 Å². The molecule has 0 radical (unpaired) electrons. The Morgan fingerprint density at radius 2 is 1.90 bits per heavy atom. The molecule has 7 nitrogen and oxygen atoms in total. The van der Waals surface area contributed by atoms with Crippen LogP contribution in [0.2, 0.25) is 5.02 Å². The van der Waals surface area contributed by atoms with Gasteiger partial charge in [-0.25, -0.2) is 4.79 Å². The summed E-state index contributed by atoms with van der Waals surface area (Å²) in [7, 11) is 0. The molecule has 1 atom stereocenters. The minimum absolute atomic E-state index is 0.0181. The number of ether oxygens (including phenoxy) is 1. The molecule has 0 spiro atoms. The van der Waals surface area contributed by atoms with Gasteiger partial charge in [0.1, 0.15) is 5.69 Å². The number of aromatic amines is 2. The number of carbonyl (C=O) groups excluding carboxylic acids is 2. The van der Waals surface area contributed by atoms with Gasteiger partial charge in [0.15, 0.2) is 0 Å². The molecule has 3 N–H and O–H groups in total. The van der Waals surface area contributed by atoms with E-state index in [1.54, 1.807) is 6.92 Å². The first kappa shape index (κ1) is 21.4. The van der Waals surface area contributed by atoms with E-state index in [-0.39, 0.29) is 18.7 Å². The summed E-state index contributed by atoms with van der Waals surface area (Å²) in [6.07, 6.45) is 1.73. The topological polar surface area (TPSA) is 104 Å². The Bertz CT molecular complexity index is 1070. The molecule has 1 aromatic heterocycles. The Hall–Kier alpha value is -3.32. The Labute approximate surface area is 178 Å². The lowest BCUT2D eigenvalue weighted by molar-refractivity contribution is -0.143. The summed E-state index contributed by atoms with van der Waals surface area (Å²) >= 11 is 6.06. The second-order valence-electron chi connectivity index (χ2n) is 6.75. The average molecular weight is 428 g/mol. The van der Waals surface area contributed by atoms with Gasteiger partial charge in [0.05, 0.1) is 13.0 Å². The lowest BCUT2D eigenvalue weighted by atomic mass is 9.99. The van der Waals surface area contributed by atoms with Crippen molar-refractivity contribution in [3.05, 3.63) is 81.5 Å². The number of H-pyrrole nitrogens is 2. The Morgan fingerprint density at radius 1 is 1.13 bits per heavy atom. The fourth-order valence-corrected chi connectivity index (χ4v) is 3.29. The third-order valence-corrected chi connectivity index (χ3v) is 4.72. The summed E-state index contributed by atoms with van der Waals surface area (Å²) in [4.78, 5) is 40.4. The SMILES string of the molecule is CCOC(=O)C[C@@H](Cc1ccc(-c2cccc(Cl)c2)cc1)NC(=O)c1c[nH]c(=O)[nH]1. The fourth-order valence-electron chi connectivity index (χ4n) is 3.10. The van der Waals surface area contributed by atoms with Crippen LogP contribution >= 0.6 is 11.6 Å². The number of rotatable bonds is 8. The van der Waals surface area contributed by atoms with E-state index in [0.29, 0.717) is 11.4 Å². The molecule has 2 aromatic carbocycles. The molecule has 3 aromatic rings. The van der Waals surface area contributed by atoms with E-state index >= 15 is 0 Å². The van der Waals surface area contributed by atoms with Crippen molar-refractivity contribution < 1.29 is 14.3 Å². The molecular weight excluding hydrogens is 406 g/mol. The number of imidazole rings is 1. The van der Waals surface area contributed by atoms with Gasteiger partial charge >= 0.3 is 11.7 Å². The van der Waals surface area contributed by atoms with Crippen molar-refractivity contribution in [1.82, 2.24) is 15.3 Å². The van der Waals surface area contributed by atoms with E-state index in [4.69, 9.17) is 16.3 Å². The highest BCUT2D eigenvalue weighted by atomic mass is 35.5. The summed E-state index contributed by atoms with van der Waals surface area (Å²) in [5, 5.41) is 3.45. The molecule has 0 saturated carbocycles. The van der Waals surface area contributed by atoms with Gasteiger partial charge in [-0.05, 0) is 42.2 Å². The minimum Gasteiger partial charge on any atom is -0.466 e. The van der Waals surface area contributed by atoms with E-state index in [1.165, 1.54) is 6.20 Å². The van der Waals surface area contributed by atoms with Gasteiger partial charge < -0.3 is 20.0 Å². The number of amides is 1. The second kappa shape index (κ2) is 9.93.